The van der Waals surface area contributed by atoms with E-state index in [4.69, 9.17) is 0 Å². The summed E-state index contributed by atoms with van der Waals surface area (Å²) in [5.74, 6) is 0.534. The summed E-state index contributed by atoms with van der Waals surface area (Å²) in [6.45, 7) is 14.1. The number of benzene rings is 1. The minimum Gasteiger partial charge on any atom is -0.292 e. The lowest BCUT2D eigenvalue weighted by Gasteiger charge is -2.16. The first-order valence-electron chi connectivity index (χ1n) is 7.11. The Morgan fingerprint density at radius 3 is 2.28 bits per heavy atom. The van der Waals surface area contributed by atoms with E-state index in [0.717, 1.165) is 19.4 Å². The minimum absolute atomic E-state index is 0.534. The molecule has 1 heteroatoms. The van der Waals surface area contributed by atoms with Gasteiger partial charge in [-0.25, -0.2) is 0 Å². The zero-order valence-corrected chi connectivity index (χ0v) is 12.8. The van der Waals surface area contributed by atoms with E-state index in [-0.39, 0.29) is 0 Å². The Hall–Kier alpha value is -1.11. The first-order chi connectivity index (χ1) is 8.51. The molecule has 0 unspecified atom stereocenters. The smallest absolute Gasteiger partial charge is 0.0641 e. The van der Waals surface area contributed by atoms with Crippen molar-refractivity contribution < 1.29 is 0 Å². The summed E-state index contributed by atoms with van der Waals surface area (Å²) in [5.41, 5.74) is 7.30. The third kappa shape index (κ3) is 3.44. The molecule has 0 saturated carbocycles. The molecule has 100 valence electrons. The average Bonchev–Trinajstić information content (AvgIpc) is 2.32. The van der Waals surface area contributed by atoms with E-state index >= 15 is 0 Å². The van der Waals surface area contributed by atoms with Gasteiger partial charge in [-0.05, 0) is 60.4 Å². The molecule has 0 heterocycles. The van der Waals surface area contributed by atoms with Crippen molar-refractivity contribution in [3.8, 4) is 0 Å². The molecule has 0 radical (unpaired) electrons. The Kier molecular flexibility index (Phi) is 5.58. The molecule has 0 N–H and O–H groups in total. The van der Waals surface area contributed by atoms with E-state index < -0.39 is 0 Å². The van der Waals surface area contributed by atoms with Crippen molar-refractivity contribution in [3.05, 3.63) is 33.9 Å². The Labute approximate surface area is 112 Å². The molecule has 0 saturated heterocycles. The van der Waals surface area contributed by atoms with Gasteiger partial charge in [0.25, 0.3) is 0 Å². The van der Waals surface area contributed by atoms with Crippen LogP contribution in [0.3, 0.4) is 0 Å². The van der Waals surface area contributed by atoms with Crippen LogP contribution in [-0.4, -0.2) is 6.21 Å². The molecule has 0 aliphatic heterocycles. The van der Waals surface area contributed by atoms with E-state index in [2.05, 4.69) is 58.8 Å². The lowest BCUT2D eigenvalue weighted by Crippen LogP contribution is -2.03. The maximum absolute atomic E-state index is 4.58. The first-order valence-corrected chi connectivity index (χ1v) is 7.11. The highest BCUT2D eigenvalue weighted by Crippen LogP contribution is 2.24. The van der Waals surface area contributed by atoms with E-state index in [0.29, 0.717) is 5.92 Å². The molecule has 1 nitrogen and oxygen atoms in total. The van der Waals surface area contributed by atoms with E-state index in [1.807, 2.05) is 0 Å². The van der Waals surface area contributed by atoms with Gasteiger partial charge in [0, 0.05) is 6.21 Å². The molecule has 0 spiro atoms. The molecule has 1 aromatic carbocycles. The van der Waals surface area contributed by atoms with Crippen LogP contribution in [-0.2, 0) is 19.4 Å². The topological polar surface area (TPSA) is 12.4 Å². The highest BCUT2D eigenvalue weighted by Gasteiger charge is 2.10. The summed E-state index contributed by atoms with van der Waals surface area (Å²) < 4.78 is 0. The Balaban J connectivity index is 3.14. The molecule has 0 atom stereocenters. The average molecular weight is 245 g/mol. The summed E-state index contributed by atoms with van der Waals surface area (Å²) in [5, 5.41) is 0. The molecule has 1 rings (SSSR count). The molecule has 0 aliphatic rings. The summed E-state index contributed by atoms with van der Waals surface area (Å²) >= 11 is 0. The number of aliphatic imine (C=N–C) groups is 1. The third-order valence-corrected chi connectivity index (χ3v) is 3.55. The molecule has 0 bridgehead atoms. The molecular weight excluding hydrogens is 218 g/mol. The van der Waals surface area contributed by atoms with Crippen molar-refractivity contribution in [2.45, 2.75) is 60.9 Å². The lowest BCUT2D eigenvalue weighted by atomic mass is 9.90. The van der Waals surface area contributed by atoms with Crippen molar-refractivity contribution in [1.82, 2.24) is 0 Å². The molecular formula is C17H27N. The lowest BCUT2D eigenvalue weighted by molar-refractivity contribution is 0.883. The van der Waals surface area contributed by atoms with Gasteiger partial charge in [-0.15, -0.1) is 0 Å². The van der Waals surface area contributed by atoms with Crippen LogP contribution in [0.25, 0.3) is 0 Å². The molecule has 1 aromatic rings. The standard InChI is InChI=1S/C17H27N/c1-7-15-9-13(5)17(11-18-10-12(3)4)16(8-2)14(15)6/h9-10,12H,7-8,11H2,1-6H3/b18-10+. The fourth-order valence-corrected chi connectivity index (χ4v) is 2.54. The summed E-state index contributed by atoms with van der Waals surface area (Å²) in [6.07, 6.45) is 4.28. The van der Waals surface area contributed by atoms with Crippen LogP contribution >= 0.6 is 0 Å². The minimum atomic E-state index is 0.534. The van der Waals surface area contributed by atoms with Crippen LogP contribution in [0.4, 0.5) is 0 Å². The van der Waals surface area contributed by atoms with Crippen LogP contribution in [0.15, 0.2) is 11.1 Å². The Bertz CT molecular complexity index is 428. The van der Waals surface area contributed by atoms with Crippen LogP contribution < -0.4 is 0 Å². The monoisotopic (exact) mass is 245 g/mol. The predicted molar refractivity (Wildman–Crippen MR) is 81.7 cm³/mol. The van der Waals surface area contributed by atoms with Crippen LogP contribution in [0.1, 0.15) is 55.5 Å². The van der Waals surface area contributed by atoms with Gasteiger partial charge < -0.3 is 0 Å². The fraction of sp³-hybridized carbons (Fsp3) is 0.588. The molecule has 0 fully saturated rings. The highest BCUT2D eigenvalue weighted by atomic mass is 14.7. The second kappa shape index (κ2) is 6.72. The van der Waals surface area contributed by atoms with E-state index in [9.17, 15) is 0 Å². The quantitative estimate of drug-likeness (QED) is 0.669. The van der Waals surface area contributed by atoms with Crippen molar-refractivity contribution in [3.63, 3.8) is 0 Å². The summed E-state index contributed by atoms with van der Waals surface area (Å²) in [6, 6.07) is 2.34. The van der Waals surface area contributed by atoms with Gasteiger partial charge in [0.1, 0.15) is 0 Å². The van der Waals surface area contributed by atoms with Gasteiger partial charge >= 0.3 is 0 Å². The second-order valence-electron chi connectivity index (χ2n) is 5.38. The normalized spacial score (nSPS) is 11.7. The van der Waals surface area contributed by atoms with Gasteiger partial charge in [-0.2, -0.15) is 0 Å². The highest BCUT2D eigenvalue weighted by molar-refractivity contribution is 5.60. The first kappa shape index (κ1) is 14.9. The molecule has 0 aromatic heterocycles. The third-order valence-electron chi connectivity index (χ3n) is 3.55. The zero-order chi connectivity index (χ0) is 13.7. The largest absolute Gasteiger partial charge is 0.292 e. The Morgan fingerprint density at radius 2 is 1.78 bits per heavy atom. The van der Waals surface area contributed by atoms with Crippen molar-refractivity contribution in [2.24, 2.45) is 10.9 Å². The van der Waals surface area contributed by atoms with Gasteiger partial charge in [0.2, 0.25) is 0 Å². The number of hydrogen-bond donors (Lipinski definition) is 0. The maximum atomic E-state index is 4.58. The maximum Gasteiger partial charge on any atom is 0.0641 e. The fourth-order valence-electron chi connectivity index (χ4n) is 2.54. The number of nitrogens with zero attached hydrogens (tertiary/aromatic N) is 1. The molecule has 0 amide bonds. The second-order valence-corrected chi connectivity index (χ2v) is 5.38. The van der Waals surface area contributed by atoms with E-state index in [1.165, 1.54) is 27.8 Å². The van der Waals surface area contributed by atoms with Crippen LogP contribution in [0, 0.1) is 19.8 Å². The SMILES string of the molecule is CCc1cc(C)c(C/N=C/C(C)C)c(CC)c1C. The van der Waals surface area contributed by atoms with Gasteiger partial charge in [0.05, 0.1) is 6.54 Å². The van der Waals surface area contributed by atoms with Crippen molar-refractivity contribution >= 4 is 6.21 Å². The molecule has 0 aliphatic carbocycles. The van der Waals surface area contributed by atoms with Crippen molar-refractivity contribution in [1.29, 1.82) is 0 Å². The number of rotatable bonds is 5. The number of aryl methyl sites for hydroxylation is 2. The molecule has 18 heavy (non-hydrogen) atoms. The van der Waals surface area contributed by atoms with E-state index in [1.54, 1.807) is 0 Å². The summed E-state index contributed by atoms with van der Waals surface area (Å²) in [7, 11) is 0. The van der Waals surface area contributed by atoms with Gasteiger partial charge in [-0.3, -0.25) is 4.99 Å². The number of hydrogen-bond acceptors (Lipinski definition) is 1. The van der Waals surface area contributed by atoms with Crippen LogP contribution in [0.5, 0.6) is 0 Å². The Morgan fingerprint density at radius 1 is 1.11 bits per heavy atom. The van der Waals surface area contributed by atoms with Gasteiger partial charge in [-0.1, -0.05) is 33.8 Å². The zero-order valence-electron chi connectivity index (χ0n) is 12.8. The van der Waals surface area contributed by atoms with Crippen LogP contribution in [0.2, 0.25) is 0 Å². The predicted octanol–water partition coefficient (Wildman–Crippen LogP) is 4.66. The van der Waals surface area contributed by atoms with Gasteiger partial charge in [0.15, 0.2) is 0 Å². The summed E-state index contributed by atoms with van der Waals surface area (Å²) in [4.78, 5) is 4.58. The van der Waals surface area contributed by atoms with Crippen molar-refractivity contribution in [2.75, 3.05) is 0 Å².